The van der Waals surface area contributed by atoms with Gasteiger partial charge in [0, 0.05) is 25.0 Å². The zero-order chi connectivity index (χ0) is 14.7. The van der Waals surface area contributed by atoms with Gasteiger partial charge in [-0.3, -0.25) is 9.48 Å². The first-order valence-corrected chi connectivity index (χ1v) is 7.90. The van der Waals surface area contributed by atoms with Gasteiger partial charge in [-0.2, -0.15) is 5.10 Å². The Kier molecular flexibility index (Phi) is 4.55. The van der Waals surface area contributed by atoms with E-state index in [1.807, 2.05) is 16.9 Å². The first-order chi connectivity index (χ1) is 10.2. The van der Waals surface area contributed by atoms with Crippen molar-refractivity contribution in [1.82, 2.24) is 20.0 Å². The number of aliphatic hydroxyl groups excluding tert-OH is 1. The van der Waals surface area contributed by atoms with E-state index in [9.17, 15) is 9.90 Å². The van der Waals surface area contributed by atoms with Crippen LogP contribution in [0.15, 0.2) is 18.5 Å². The summed E-state index contributed by atoms with van der Waals surface area (Å²) in [6.07, 6.45) is 6.82. The van der Waals surface area contributed by atoms with Crippen LogP contribution in [0.2, 0.25) is 0 Å². The smallest absolute Gasteiger partial charge is 0.249 e. The third kappa shape index (κ3) is 4.04. The number of rotatable bonds is 6. The van der Waals surface area contributed by atoms with Gasteiger partial charge in [-0.1, -0.05) is 0 Å². The number of carbonyl (C=O) groups is 1. The van der Waals surface area contributed by atoms with E-state index in [0.717, 1.165) is 51.9 Å². The molecule has 6 nitrogen and oxygen atoms in total. The minimum absolute atomic E-state index is 0.102. The monoisotopic (exact) mass is 292 g/mol. The van der Waals surface area contributed by atoms with Crippen molar-refractivity contribution in [2.45, 2.75) is 44.4 Å². The van der Waals surface area contributed by atoms with Crippen molar-refractivity contribution in [3.05, 3.63) is 18.5 Å². The summed E-state index contributed by atoms with van der Waals surface area (Å²) in [5.74, 6) is -0.0720. The maximum atomic E-state index is 11.9. The molecule has 1 amide bonds. The van der Waals surface area contributed by atoms with Crippen LogP contribution < -0.4 is 5.32 Å². The number of amides is 1. The Balaban J connectivity index is 1.38. The topological polar surface area (TPSA) is 70.4 Å². The molecule has 3 rings (SSSR count). The van der Waals surface area contributed by atoms with Gasteiger partial charge < -0.3 is 15.3 Å². The van der Waals surface area contributed by atoms with Crippen LogP contribution in [0.3, 0.4) is 0 Å². The van der Waals surface area contributed by atoms with Crippen LogP contribution in [-0.4, -0.2) is 57.5 Å². The van der Waals surface area contributed by atoms with E-state index >= 15 is 0 Å². The summed E-state index contributed by atoms with van der Waals surface area (Å²) >= 11 is 0. The van der Waals surface area contributed by atoms with Crippen molar-refractivity contribution in [2.24, 2.45) is 5.92 Å². The molecule has 2 heterocycles. The Bertz CT molecular complexity index is 450. The molecule has 1 aliphatic heterocycles. The van der Waals surface area contributed by atoms with Gasteiger partial charge in [-0.05, 0) is 50.8 Å². The minimum atomic E-state index is -0.834. The first kappa shape index (κ1) is 14.5. The number of piperidine rings is 1. The summed E-state index contributed by atoms with van der Waals surface area (Å²) in [6.45, 7) is 3.75. The second kappa shape index (κ2) is 6.58. The highest BCUT2D eigenvalue weighted by Gasteiger charge is 2.32. The van der Waals surface area contributed by atoms with E-state index in [-0.39, 0.29) is 11.8 Å². The minimum Gasteiger partial charge on any atom is -0.383 e. The average molecular weight is 292 g/mol. The van der Waals surface area contributed by atoms with E-state index in [1.165, 1.54) is 0 Å². The number of carbonyl (C=O) groups excluding carboxylic acids is 1. The van der Waals surface area contributed by atoms with Crippen LogP contribution in [0.25, 0.3) is 0 Å². The van der Waals surface area contributed by atoms with E-state index in [2.05, 4.69) is 15.3 Å². The normalized spacial score (nSPS) is 22.1. The molecule has 1 saturated carbocycles. The molecular formula is C15H24N4O2. The van der Waals surface area contributed by atoms with Gasteiger partial charge in [0.05, 0.1) is 6.54 Å². The Morgan fingerprint density at radius 3 is 2.67 bits per heavy atom. The molecule has 2 fully saturated rings. The maximum absolute atomic E-state index is 11.9. The highest BCUT2D eigenvalue weighted by molar-refractivity contribution is 5.81. The molecule has 6 heteroatoms. The summed E-state index contributed by atoms with van der Waals surface area (Å²) in [4.78, 5) is 14.2. The van der Waals surface area contributed by atoms with Crippen LogP contribution in [0, 0.1) is 5.92 Å². The molecule has 0 unspecified atom stereocenters. The molecule has 1 atom stereocenters. The van der Waals surface area contributed by atoms with Crippen molar-refractivity contribution in [2.75, 3.05) is 19.6 Å². The lowest BCUT2D eigenvalue weighted by atomic mass is 9.90. The molecule has 1 saturated heterocycles. The van der Waals surface area contributed by atoms with Crippen LogP contribution in [0.1, 0.15) is 25.7 Å². The number of aromatic nitrogens is 2. The van der Waals surface area contributed by atoms with Crippen molar-refractivity contribution in [3.63, 3.8) is 0 Å². The molecule has 1 aliphatic carbocycles. The largest absolute Gasteiger partial charge is 0.383 e. The molecule has 1 aromatic rings. The van der Waals surface area contributed by atoms with Gasteiger partial charge >= 0.3 is 0 Å². The molecule has 21 heavy (non-hydrogen) atoms. The molecule has 2 aliphatic rings. The molecular weight excluding hydrogens is 268 g/mol. The number of nitrogens with one attached hydrogen (secondary N) is 1. The summed E-state index contributed by atoms with van der Waals surface area (Å²) < 4.78 is 1.93. The fourth-order valence-corrected chi connectivity index (χ4v) is 2.90. The summed E-state index contributed by atoms with van der Waals surface area (Å²) in [6, 6.07) is 2.25. The van der Waals surface area contributed by atoms with Gasteiger partial charge in [0.15, 0.2) is 0 Å². The van der Waals surface area contributed by atoms with Crippen LogP contribution >= 0.6 is 0 Å². The van der Waals surface area contributed by atoms with Gasteiger partial charge in [-0.25, -0.2) is 0 Å². The maximum Gasteiger partial charge on any atom is 0.249 e. The summed E-state index contributed by atoms with van der Waals surface area (Å²) in [7, 11) is 0. The van der Waals surface area contributed by atoms with Crippen molar-refractivity contribution in [1.29, 1.82) is 0 Å². The van der Waals surface area contributed by atoms with Crippen molar-refractivity contribution in [3.8, 4) is 0 Å². The van der Waals surface area contributed by atoms with Crippen LogP contribution in [0.4, 0.5) is 0 Å². The molecule has 0 bridgehead atoms. The molecule has 116 valence electrons. The lowest BCUT2D eigenvalue weighted by molar-refractivity contribution is -0.133. The van der Waals surface area contributed by atoms with E-state index in [0.29, 0.717) is 6.04 Å². The molecule has 0 radical (unpaired) electrons. The van der Waals surface area contributed by atoms with E-state index in [4.69, 9.17) is 0 Å². The standard InChI is InChI=1S/C15H24N4O2/c20-14(15(21)17-13-2-3-13)12-4-8-18(9-5-12)10-11-19-7-1-6-16-19/h1,6-7,12-14,20H,2-5,8-11H2,(H,17,21)/t14-/m1/s1. The van der Waals surface area contributed by atoms with Crippen LogP contribution in [-0.2, 0) is 11.3 Å². The number of aliphatic hydroxyl groups is 1. The average Bonchev–Trinajstić information content (AvgIpc) is 3.16. The highest BCUT2D eigenvalue weighted by atomic mass is 16.3. The van der Waals surface area contributed by atoms with Crippen LogP contribution in [0.5, 0.6) is 0 Å². The predicted molar refractivity (Wildman–Crippen MR) is 78.6 cm³/mol. The molecule has 1 aromatic heterocycles. The third-order valence-electron chi connectivity index (χ3n) is 4.48. The quantitative estimate of drug-likeness (QED) is 0.788. The second-order valence-corrected chi connectivity index (χ2v) is 6.18. The predicted octanol–water partition coefficient (Wildman–Crippen LogP) is 0.235. The second-order valence-electron chi connectivity index (χ2n) is 6.18. The number of hydrogen-bond acceptors (Lipinski definition) is 4. The number of nitrogens with zero attached hydrogens (tertiary/aromatic N) is 3. The zero-order valence-electron chi connectivity index (χ0n) is 12.3. The molecule has 0 spiro atoms. The van der Waals surface area contributed by atoms with E-state index < -0.39 is 6.10 Å². The Morgan fingerprint density at radius 2 is 2.05 bits per heavy atom. The van der Waals surface area contributed by atoms with Gasteiger partial charge in [-0.15, -0.1) is 0 Å². The lowest BCUT2D eigenvalue weighted by Crippen LogP contribution is -2.45. The third-order valence-corrected chi connectivity index (χ3v) is 4.48. The first-order valence-electron chi connectivity index (χ1n) is 7.90. The van der Waals surface area contributed by atoms with Gasteiger partial charge in [0.2, 0.25) is 5.91 Å². The zero-order valence-corrected chi connectivity index (χ0v) is 12.3. The Morgan fingerprint density at radius 1 is 1.29 bits per heavy atom. The van der Waals surface area contributed by atoms with E-state index in [1.54, 1.807) is 6.20 Å². The van der Waals surface area contributed by atoms with Crippen molar-refractivity contribution >= 4 is 5.91 Å². The highest BCUT2D eigenvalue weighted by Crippen LogP contribution is 2.23. The lowest BCUT2D eigenvalue weighted by Gasteiger charge is -2.33. The Hall–Kier alpha value is -1.40. The fraction of sp³-hybridized carbons (Fsp3) is 0.733. The number of likely N-dealkylation sites (tertiary alicyclic amines) is 1. The summed E-state index contributed by atoms with van der Waals surface area (Å²) in [5.41, 5.74) is 0. The van der Waals surface area contributed by atoms with Gasteiger partial charge in [0.25, 0.3) is 0 Å². The number of hydrogen-bond donors (Lipinski definition) is 2. The SMILES string of the molecule is O=C(NC1CC1)[C@H](O)C1CCN(CCn2cccn2)CC1. The molecule has 2 N–H and O–H groups in total. The van der Waals surface area contributed by atoms with Gasteiger partial charge in [0.1, 0.15) is 6.10 Å². The fourth-order valence-electron chi connectivity index (χ4n) is 2.90. The Labute approximate surface area is 125 Å². The van der Waals surface area contributed by atoms with Crippen molar-refractivity contribution < 1.29 is 9.90 Å². The molecule has 0 aromatic carbocycles. The summed E-state index contributed by atoms with van der Waals surface area (Å²) in [5, 5.41) is 17.2.